The Balaban J connectivity index is 1.87. The summed E-state index contributed by atoms with van der Waals surface area (Å²) >= 11 is 0. The molecule has 0 aliphatic rings. The molecule has 0 fully saturated rings. The van der Waals surface area contributed by atoms with Gasteiger partial charge in [0.05, 0.1) is 23.8 Å². The van der Waals surface area contributed by atoms with E-state index in [4.69, 9.17) is 0 Å². The Kier molecular flexibility index (Phi) is 3.51. The minimum atomic E-state index is -0.202. The molecular weight excluding hydrogens is 300 g/mol. The molecule has 5 nitrogen and oxygen atoms in total. The number of rotatable bonds is 3. The van der Waals surface area contributed by atoms with Gasteiger partial charge in [0, 0.05) is 17.8 Å². The van der Waals surface area contributed by atoms with Gasteiger partial charge >= 0.3 is 0 Å². The van der Waals surface area contributed by atoms with E-state index in [2.05, 4.69) is 10.1 Å². The molecule has 0 unspecified atom stereocenters. The van der Waals surface area contributed by atoms with Gasteiger partial charge in [0.1, 0.15) is 5.82 Å². The maximum Gasteiger partial charge on any atom is 0.274 e. The van der Waals surface area contributed by atoms with Crippen LogP contribution in [-0.2, 0) is 0 Å². The molecule has 2 heterocycles. The zero-order valence-electron chi connectivity index (χ0n) is 12.8. The van der Waals surface area contributed by atoms with Gasteiger partial charge in [0.15, 0.2) is 0 Å². The van der Waals surface area contributed by atoms with Crippen molar-refractivity contribution in [1.82, 2.24) is 19.3 Å². The number of hydrogen-bond acceptors (Lipinski definition) is 3. The van der Waals surface area contributed by atoms with Crippen molar-refractivity contribution in [2.75, 3.05) is 0 Å². The molecule has 0 bridgehead atoms. The van der Waals surface area contributed by atoms with Crippen molar-refractivity contribution in [2.45, 2.75) is 0 Å². The standard InChI is InChI=1S/C19H14N4O/c24-19-13-20-17(15-7-3-1-4-8-15)14-22(19)18-11-12-21-23(18)16-9-5-2-6-10-16/h1-14H. The van der Waals surface area contributed by atoms with Crippen molar-refractivity contribution in [1.29, 1.82) is 0 Å². The van der Waals surface area contributed by atoms with Crippen LogP contribution in [0.3, 0.4) is 0 Å². The van der Waals surface area contributed by atoms with E-state index in [9.17, 15) is 4.79 Å². The molecule has 5 heteroatoms. The van der Waals surface area contributed by atoms with Gasteiger partial charge in [-0.3, -0.25) is 9.36 Å². The summed E-state index contributed by atoms with van der Waals surface area (Å²) in [6.07, 6.45) is 4.76. The van der Waals surface area contributed by atoms with Gasteiger partial charge in [-0.2, -0.15) is 5.10 Å². The van der Waals surface area contributed by atoms with Crippen molar-refractivity contribution in [3.63, 3.8) is 0 Å². The predicted molar refractivity (Wildman–Crippen MR) is 92.4 cm³/mol. The van der Waals surface area contributed by atoms with Crippen molar-refractivity contribution < 1.29 is 0 Å². The summed E-state index contributed by atoms with van der Waals surface area (Å²) < 4.78 is 3.30. The average Bonchev–Trinajstić information content (AvgIpc) is 3.13. The van der Waals surface area contributed by atoms with Crippen LogP contribution in [0.15, 0.2) is 90.1 Å². The van der Waals surface area contributed by atoms with E-state index < -0.39 is 0 Å². The van der Waals surface area contributed by atoms with Crippen molar-refractivity contribution in [2.24, 2.45) is 0 Å². The fraction of sp³-hybridized carbons (Fsp3) is 0. The zero-order chi connectivity index (χ0) is 16.4. The lowest BCUT2D eigenvalue weighted by atomic mass is 10.2. The summed E-state index contributed by atoms with van der Waals surface area (Å²) in [6.45, 7) is 0. The third-order valence-electron chi connectivity index (χ3n) is 3.74. The maximum absolute atomic E-state index is 12.3. The summed E-state index contributed by atoms with van der Waals surface area (Å²) in [4.78, 5) is 16.6. The first-order valence-electron chi connectivity index (χ1n) is 7.57. The fourth-order valence-electron chi connectivity index (χ4n) is 2.59. The van der Waals surface area contributed by atoms with Crippen LogP contribution in [0.1, 0.15) is 0 Å². The van der Waals surface area contributed by atoms with Gasteiger partial charge < -0.3 is 0 Å². The molecule has 0 saturated carbocycles. The molecule has 2 aromatic heterocycles. The van der Waals surface area contributed by atoms with E-state index in [0.29, 0.717) is 5.82 Å². The Morgan fingerprint density at radius 3 is 2.29 bits per heavy atom. The number of para-hydroxylation sites is 1. The molecule has 4 aromatic rings. The summed E-state index contributed by atoms with van der Waals surface area (Å²) in [5.41, 5.74) is 2.38. The molecule has 0 atom stereocenters. The lowest BCUT2D eigenvalue weighted by molar-refractivity contribution is 0.801. The molecule has 0 N–H and O–H groups in total. The summed E-state index contributed by atoms with van der Waals surface area (Å²) in [5, 5.41) is 4.34. The Morgan fingerprint density at radius 1 is 0.833 bits per heavy atom. The van der Waals surface area contributed by atoms with Crippen LogP contribution in [0.4, 0.5) is 0 Å². The molecule has 0 aliphatic carbocycles. The van der Waals surface area contributed by atoms with Crippen LogP contribution < -0.4 is 5.56 Å². The lowest BCUT2D eigenvalue weighted by Gasteiger charge is -2.10. The molecular formula is C19H14N4O. The van der Waals surface area contributed by atoms with Crippen LogP contribution in [0.25, 0.3) is 22.8 Å². The predicted octanol–water partition coefficient (Wildman–Crippen LogP) is 3.09. The summed E-state index contributed by atoms with van der Waals surface area (Å²) in [5.74, 6) is 0.672. The second-order valence-electron chi connectivity index (χ2n) is 5.28. The maximum atomic E-state index is 12.3. The van der Waals surface area contributed by atoms with Crippen molar-refractivity contribution >= 4 is 0 Å². The second kappa shape index (κ2) is 5.96. The van der Waals surface area contributed by atoms with Crippen LogP contribution in [0.5, 0.6) is 0 Å². The van der Waals surface area contributed by atoms with Crippen LogP contribution in [0, 0.1) is 0 Å². The molecule has 0 aliphatic heterocycles. The largest absolute Gasteiger partial charge is 0.274 e. The molecule has 24 heavy (non-hydrogen) atoms. The third-order valence-corrected chi connectivity index (χ3v) is 3.74. The Bertz CT molecular complexity index is 1020. The number of nitrogens with zero attached hydrogens (tertiary/aromatic N) is 4. The van der Waals surface area contributed by atoms with E-state index in [1.54, 1.807) is 21.6 Å². The van der Waals surface area contributed by atoms with E-state index in [1.807, 2.05) is 66.7 Å². The lowest BCUT2D eigenvalue weighted by Crippen LogP contribution is -2.20. The van der Waals surface area contributed by atoms with E-state index in [-0.39, 0.29) is 5.56 Å². The highest BCUT2D eigenvalue weighted by molar-refractivity contribution is 5.58. The van der Waals surface area contributed by atoms with Gasteiger partial charge in [-0.25, -0.2) is 9.67 Å². The topological polar surface area (TPSA) is 52.7 Å². The smallest absolute Gasteiger partial charge is 0.267 e. The SMILES string of the molecule is O=c1cnc(-c2ccccc2)cn1-c1ccnn1-c1ccccc1. The first-order chi connectivity index (χ1) is 11.8. The second-order valence-corrected chi connectivity index (χ2v) is 5.28. The van der Waals surface area contributed by atoms with Crippen LogP contribution >= 0.6 is 0 Å². The minimum Gasteiger partial charge on any atom is -0.267 e. The van der Waals surface area contributed by atoms with Gasteiger partial charge in [0.25, 0.3) is 5.56 Å². The third kappa shape index (κ3) is 2.52. The highest BCUT2D eigenvalue weighted by Crippen LogP contribution is 2.17. The Hall–Kier alpha value is -3.47. The molecule has 0 radical (unpaired) electrons. The highest BCUT2D eigenvalue weighted by atomic mass is 16.1. The molecule has 0 amide bonds. The van der Waals surface area contributed by atoms with Gasteiger partial charge in [-0.05, 0) is 12.1 Å². The number of aromatic nitrogens is 4. The van der Waals surface area contributed by atoms with Gasteiger partial charge in [0.2, 0.25) is 0 Å². The molecule has 2 aromatic carbocycles. The molecule has 0 saturated heterocycles. The minimum absolute atomic E-state index is 0.202. The monoisotopic (exact) mass is 314 g/mol. The van der Waals surface area contributed by atoms with Gasteiger partial charge in [-0.1, -0.05) is 48.5 Å². The first-order valence-corrected chi connectivity index (χ1v) is 7.57. The summed E-state index contributed by atoms with van der Waals surface area (Å²) in [7, 11) is 0. The normalized spacial score (nSPS) is 10.7. The van der Waals surface area contributed by atoms with Crippen LogP contribution in [0.2, 0.25) is 0 Å². The molecule has 4 rings (SSSR count). The molecule has 0 spiro atoms. The molecule has 116 valence electrons. The number of hydrogen-bond donors (Lipinski definition) is 0. The Morgan fingerprint density at radius 2 is 1.54 bits per heavy atom. The van der Waals surface area contributed by atoms with E-state index in [1.165, 1.54) is 6.20 Å². The highest BCUT2D eigenvalue weighted by Gasteiger charge is 2.10. The van der Waals surface area contributed by atoms with Crippen molar-refractivity contribution in [3.05, 3.63) is 95.7 Å². The Labute approximate surface area is 138 Å². The zero-order valence-corrected chi connectivity index (χ0v) is 12.8. The number of benzene rings is 2. The average molecular weight is 314 g/mol. The summed E-state index contributed by atoms with van der Waals surface area (Å²) in [6, 6.07) is 21.3. The van der Waals surface area contributed by atoms with Crippen molar-refractivity contribution in [3.8, 4) is 22.8 Å². The van der Waals surface area contributed by atoms with Crippen LogP contribution in [-0.4, -0.2) is 19.3 Å². The van der Waals surface area contributed by atoms with Gasteiger partial charge in [-0.15, -0.1) is 0 Å². The fourth-order valence-corrected chi connectivity index (χ4v) is 2.59. The quantitative estimate of drug-likeness (QED) is 0.584. The van der Waals surface area contributed by atoms with E-state index in [0.717, 1.165) is 16.9 Å². The van der Waals surface area contributed by atoms with E-state index >= 15 is 0 Å². The first kappa shape index (κ1) is 14.1.